The van der Waals surface area contributed by atoms with Crippen LogP contribution < -0.4 is 0 Å². The lowest BCUT2D eigenvalue weighted by atomic mass is 9.98. The number of nitrogens with zero attached hydrogens (tertiary/aromatic N) is 4. The summed E-state index contributed by atoms with van der Waals surface area (Å²) in [7, 11) is 0. The largest absolute Gasteiger partial charge is 0.336 e. The van der Waals surface area contributed by atoms with Crippen LogP contribution in [0.25, 0.3) is 22.2 Å². The number of fused-ring (bicyclic) bond motifs is 1. The maximum absolute atomic E-state index is 13.4. The van der Waals surface area contributed by atoms with E-state index in [1.165, 1.54) is 0 Å². The Bertz CT molecular complexity index is 1030. The van der Waals surface area contributed by atoms with Gasteiger partial charge >= 0.3 is 0 Å². The molecule has 0 spiro atoms. The summed E-state index contributed by atoms with van der Waals surface area (Å²) in [6.45, 7) is 8.90. The van der Waals surface area contributed by atoms with Gasteiger partial charge in [-0.2, -0.15) is 0 Å². The molecule has 138 valence electrons. The van der Waals surface area contributed by atoms with Gasteiger partial charge in [0.05, 0.1) is 16.8 Å². The van der Waals surface area contributed by atoms with E-state index >= 15 is 0 Å². The van der Waals surface area contributed by atoms with Gasteiger partial charge in [-0.3, -0.25) is 4.79 Å². The van der Waals surface area contributed by atoms with Crippen LogP contribution in [0.3, 0.4) is 0 Å². The number of benzene rings is 1. The van der Waals surface area contributed by atoms with Gasteiger partial charge in [-0.15, -0.1) is 0 Å². The van der Waals surface area contributed by atoms with E-state index in [1.807, 2.05) is 24.0 Å². The van der Waals surface area contributed by atoms with Crippen molar-refractivity contribution in [3.63, 3.8) is 0 Å². The van der Waals surface area contributed by atoms with Crippen LogP contribution >= 0.6 is 0 Å². The molecule has 1 amide bonds. The third-order valence-corrected chi connectivity index (χ3v) is 5.37. The Morgan fingerprint density at radius 1 is 1.11 bits per heavy atom. The number of pyridine rings is 1. The van der Waals surface area contributed by atoms with Gasteiger partial charge in [0.2, 0.25) is 0 Å². The van der Waals surface area contributed by atoms with Gasteiger partial charge in [-0.05, 0) is 63.8 Å². The first-order chi connectivity index (χ1) is 12.9. The van der Waals surface area contributed by atoms with E-state index in [9.17, 15) is 4.79 Å². The molecule has 0 bridgehead atoms. The second-order valence-corrected chi connectivity index (χ2v) is 7.54. The molecular weight excluding hydrogens is 336 g/mol. The molecule has 5 heteroatoms. The summed E-state index contributed by atoms with van der Waals surface area (Å²) in [6, 6.07) is 6.35. The van der Waals surface area contributed by atoms with Crippen molar-refractivity contribution < 1.29 is 4.79 Å². The fraction of sp³-hybridized carbons (Fsp3) is 0.364. The molecule has 0 radical (unpaired) electrons. The number of likely N-dealkylation sites (tertiary alicyclic amines) is 1. The Kier molecular flexibility index (Phi) is 4.38. The minimum absolute atomic E-state index is 0.0913. The van der Waals surface area contributed by atoms with Crippen molar-refractivity contribution in [1.82, 2.24) is 19.9 Å². The summed E-state index contributed by atoms with van der Waals surface area (Å²) in [4.78, 5) is 28.8. The molecule has 5 nitrogen and oxygen atoms in total. The normalized spacial score (nSPS) is 16.9. The molecule has 2 aromatic heterocycles. The average Bonchev–Trinajstić information content (AvgIpc) is 3.06. The number of aryl methyl sites for hydroxylation is 3. The molecule has 0 unspecified atom stereocenters. The Hall–Kier alpha value is -2.82. The zero-order valence-electron chi connectivity index (χ0n) is 16.3. The van der Waals surface area contributed by atoms with Crippen LogP contribution in [-0.2, 0) is 0 Å². The standard InChI is InChI=1S/C22H24N4O/c1-13-8-14(2)21-18(22(27)26-7-5-6-15(26)3)10-19(25-20(21)9-13)17-11-23-16(4)24-12-17/h8-12,15H,5-7H2,1-4H3/t15-/m1/s1. The molecule has 0 N–H and O–H groups in total. The molecular formula is C22H24N4O. The summed E-state index contributed by atoms with van der Waals surface area (Å²) in [5.41, 5.74) is 5.35. The van der Waals surface area contributed by atoms with E-state index in [4.69, 9.17) is 4.98 Å². The molecule has 4 rings (SSSR count). The van der Waals surface area contributed by atoms with E-state index in [1.54, 1.807) is 12.4 Å². The van der Waals surface area contributed by atoms with Crippen molar-refractivity contribution in [1.29, 1.82) is 0 Å². The average molecular weight is 360 g/mol. The Morgan fingerprint density at radius 3 is 2.52 bits per heavy atom. The molecule has 3 aromatic rings. The second-order valence-electron chi connectivity index (χ2n) is 7.54. The first-order valence-electron chi connectivity index (χ1n) is 9.46. The lowest BCUT2D eigenvalue weighted by Crippen LogP contribution is -2.33. The number of hydrogen-bond donors (Lipinski definition) is 0. The summed E-state index contributed by atoms with van der Waals surface area (Å²) in [5, 5.41) is 0.946. The summed E-state index contributed by atoms with van der Waals surface area (Å²) >= 11 is 0. The van der Waals surface area contributed by atoms with E-state index in [0.717, 1.165) is 58.2 Å². The molecule has 1 atom stereocenters. The van der Waals surface area contributed by atoms with Crippen LogP contribution in [0, 0.1) is 20.8 Å². The van der Waals surface area contributed by atoms with Gasteiger partial charge in [0.15, 0.2) is 0 Å². The second kappa shape index (κ2) is 6.72. The molecule has 1 fully saturated rings. The van der Waals surface area contributed by atoms with Gasteiger partial charge in [0, 0.05) is 35.9 Å². The van der Waals surface area contributed by atoms with Crippen molar-refractivity contribution in [3.05, 3.63) is 53.1 Å². The maximum Gasteiger partial charge on any atom is 0.254 e. The van der Waals surface area contributed by atoms with Crippen LogP contribution in [0.1, 0.15) is 47.1 Å². The topological polar surface area (TPSA) is 59.0 Å². The van der Waals surface area contributed by atoms with Gasteiger partial charge in [0.25, 0.3) is 5.91 Å². The van der Waals surface area contributed by atoms with Crippen LogP contribution in [0.15, 0.2) is 30.6 Å². The zero-order chi connectivity index (χ0) is 19.1. The highest BCUT2D eigenvalue weighted by atomic mass is 16.2. The fourth-order valence-corrected chi connectivity index (χ4v) is 3.99. The predicted octanol–water partition coefficient (Wildman–Crippen LogP) is 4.24. The molecule has 1 saturated heterocycles. The SMILES string of the molecule is Cc1cc(C)c2c(C(=O)N3CCC[C@H]3C)cc(-c3cnc(C)nc3)nc2c1. The van der Waals surface area contributed by atoms with Gasteiger partial charge in [-0.1, -0.05) is 6.07 Å². The molecule has 27 heavy (non-hydrogen) atoms. The van der Waals surface area contributed by atoms with Gasteiger partial charge < -0.3 is 4.90 Å². The van der Waals surface area contributed by atoms with Crippen molar-refractivity contribution >= 4 is 16.8 Å². The Balaban J connectivity index is 1.94. The quantitative estimate of drug-likeness (QED) is 0.686. The molecule has 1 aliphatic rings. The highest BCUT2D eigenvalue weighted by molar-refractivity contribution is 6.08. The lowest BCUT2D eigenvalue weighted by molar-refractivity contribution is 0.0749. The van der Waals surface area contributed by atoms with Gasteiger partial charge in [-0.25, -0.2) is 15.0 Å². The first-order valence-corrected chi connectivity index (χ1v) is 9.46. The van der Waals surface area contributed by atoms with Crippen LogP contribution in [0.4, 0.5) is 0 Å². The lowest BCUT2D eigenvalue weighted by Gasteiger charge is -2.23. The van der Waals surface area contributed by atoms with Crippen LogP contribution in [-0.4, -0.2) is 38.3 Å². The van der Waals surface area contributed by atoms with Crippen LogP contribution in [0.2, 0.25) is 0 Å². The van der Waals surface area contributed by atoms with Crippen molar-refractivity contribution in [2.45, 2.75) is 46.6 Å². The Labute approximate surface area is 159 Å². The summed E-state index contributed by atoms with van der Waals surface area (Å²) < 4.78 is 0. The number of carbonyl (C=O) groups is 1. The van der Waals surface area contributed by atoms with Gasteiger partial charge in [0.1, 0.15) is 5.82 Å². The number of aromatic nitrogens is 3. The van der Waals surface area contributed by atoms with E-state index < -0.39 is 0 Å². The Morgan fingerprint density at radius 2 is 1.85 bits per heavy atom. The number of carbonyl (C=O) groups excluding carboxylic acids is 1. The molecule has 0 aliphatic carbocycles. The number of rotatable bonds is 2. The fourth-order valence-electron chi connectivity index (χ4n) is 3.99. The maximum atomic E-state index is 13.4. The molecule has 3 heterocycles. The number of hydrogen-bond acceptors (Lipinski definition) is 4. The number of amides is 1. The minimum Gasteiger partial charge on any atom is -0.336 e. The highest BCUT2D eigenvalue weighted by Crippen LogP contribution is 2.30. The van der Waals surface area contributed by atoms with E-state index in [-0.39, 0.29) is 11.9 Å². The van der Waals surface area contributed by atoms with Crippen LogP contribution in [0.5, 0.6) is 0 Å². The monoisotopic (exact) mass is 360 g/mol. The first kappa shape index (κ1) is 17.6. The zero-order valence-corrected chi connectivity index (χ0v) is 16.3. The van der Waals surface area contributed by atoms with E-state index in [2.05, 4.69) is 36.8 Å². The van der Waals surface area contributed by atoms with Crippen molar-refractivity contribution in [2.75, 3.05) is 6.54 Å². The molecule has 1 aliphatic heterocycles. The highest BCUT2D eigenvalue weighted by Gasteiger charge is 2.28. The van der Waals surface area contributed by atoms with Crippen molar-refractivity contribution in [2.24, 2.45) is 0 Å². The summed E-state index contributed by atoms with van der Waals surface area (Å²) in [5.74, 6) is 0.807. The predicted molar refractivity (Wildman–Crippen MR) is 107 cm³/mol. The third-order valence-electron chi connectivity index (χ3n) is 5.37. The van der Waals surface area contributed by atoms with E-state index in [0.29, 0.717) is 5.82 Å². The summed E-state index contributed by atoms with van der Waals surface area (Å²) in [6.07, 6.45) is 5.66. The minimum atomic E-state index is 0.0913. The third kappa shape index (κ3) is 3.18. The smallest absolute Gasteiger partial charge is 0.254 e. The molecule has 1 aromatic carbocycles. The van der Waals surface area contributed by atoms with Crippen molar-refractivity contribution in [3.8, 4) is 11.3 Å². The molecule has 0 saturated carbocycles.